The number of fused-ring (bicyclic) bond motifs is 2. The number of hydrogen-bond acceptors (Lipinski definition) is 10. The summed E-state index contributed by atoms with van der Waals surface area (Å²) < 4.78 is 37.9. The molecular weight excluding hydrogens is 558 g/mol. The SMILES string of the molecule is O=C1c2ccccc2S(=O)(=O)N1COc1cccc(-c2cc(Nc3ccc4[nH]ncc4c3)nc(N3CCOCC3)n2)c1. The molecule has 2 aliphatic rings. The maximum atomic E-state index is 12.9. The van der Waals surface area contributed by atoms with E-state index in [2.05, 4.69) is 20.4 Å². The Labute approximate surface area is 241 Å². The van der Waals surface area contributed by atoms with Gasteiger partial charge in [-0.05, 0) is 42.5 Å². The predicted molar refractivity (Wildman–Crippen MR) is 155 cm³/mol. The predicted octanol–water partition coefficient (Wildman–Crippen LogP) is 3.78. The summed E-state index contributed by atoms with van der Waals surface area (Å²) in [5.41, 5.74) is 3.29. The summed E-state index contributed by atoms with van der Waals surface area (Å²) in [6.07, 6.45) is 1.76. The standard InChI is InChI=1S/C29H25N7O5S/c37-28-23-6-1-2-7-26(23)42(38,39)36(28)18-41-22-5-3-4-19(15-22)25-16-27(33-29(32-25)35-10-12-40-13-11-35)31-21-8-9-24-20(14-21)17-30-34-24/h1-9,14-17H,10-13,18H2,(H,30,34)(H,31,32,33). The number of ether oxygens (including phenoxy) is 2. The summed E-state index contributed by atoms with van der Waals surface area (Å²) in [6, 6.07) is 21.0. The van der Waals surface area contributed by atoms with Crippen molar-refractivity contribution in [1.29, 1.82) is 0 Å². The normalized spacial score (nSPS) is 16.0. The molecule has 1 amide bonds. The Kier molecular flexibility index (Phi) is 6.44. The minimum Gasteiger partial charge on any atom is -0.472 e. The molecule has 2 N–H and O–H groups in total. The fourth-order valence-corrected chi connectivity index (χ4v) is 6.39. The van der Waals surface area contributed by atoms with Gasteiger partial charge in [-0.1, -0.05) is 24.3 Å². The lowest BCUT2D eigenvalue weighted by atomic mass is 10.1. The molecule has 1 fully saturated rings. The van der Waals surface area contributed by atoms with Crippen LogP contribution in [0.3, 0.4) is 0 Å². The van der Waals surface area contributed by atoms with E-state index in [1.54, 1.807) is 36.5 Å². The first-order valence-corrected chi connectivity index (χ1v) is 14.7. The van der Waals surface area contributed by atoms with E-state index in [-0.39, 0.29) is 10.5 Å². The number of nitrogens with zero attached hydrogens (tertiary/aromatic N) is 5. The molecular formula is C29H25N7O5S. The monoisotopic (exact) mass is 583 g/mol. The van der Waals surface area contributed by atoms with Gasteiger partial charge in [0.05, 0.1) is 36.2 Å². The van der Waals surface area contributed by atoms with Gasteiger partial charge in [0.2, 0.25) is 5.95 Å². The quantitative estimate of drug-likeness (QED) is 0.291. The van der Waals surface area contributed by atoms with Gasteiger partial charge in [-0.15, -0.1) is 0 Å². The highest BCUT2D eigenvalue weighted by atomic mass is 32.2. The van der Waals surface area contributed by atoms with Crippen LogP contribution in [0.2, 0.25) is 0 Å². The average molecular weight is 584 g/mol. The molecule has 4 heterocycles. The number of H-pyrrole nitrogens is 1. The number of aromatic amines is 1. The highest BCUT2D eigenvalue weighted by Gasteiger charge is 2.41. The van der Waals surface area contributed by atoms with Crippen LogP contribution < -0.4 is 15.0 Å². The zero-order valence-electron chi connectivity index (χ0n) is 22.2. The van der Waals surface area contributed by atoms with Gasteiger partial charge in [0.25, 0.3) is 15.9 Å². The largest absolute Gasteiger partial charge is 0.472 e. The van der Waals surface area contributed by atoms with Crippen molar-refractivity contribution in [2.45, 2.75) is 4.90 Å². The molecule has 0 saturated carbocycles. The second-order valence-corrected chi connectivity index (χ2v) is 11.6. The van der Waals surface area contributed by atoms with Crippen molar-refractivity contribution in [3.05, 3.63) is 84.6 Å². The van der Waals surface area contributed by atoms with Crippen molar-refractivity contribution in [2.75, 3.05) is 43.3 Å². The van der Waals surface area contributed by atoms with Gasteiger partial charge in [-0.2, -0.15) is 14.4 Å². The molecule has 3 aromatic carbocycles. The molecule has 0 aliphatic carbocycles. The third-order valence-electron chi connectivity index (χ3n) is 7.11. The summed E-state index contributed by atoms with van der Waals surface area (Å²) in [5, 5.41) is 11.4. The van der Waals surface area contributed by atoms with Crippen LogP contribution in [-0.2, 0) is 14.8 Å². The molecule has 1 saturated heterocycles. The van der Waals surface area contributed by atoms with Gasteiger partial charge < -0.3 is 19.7 Å². The number of anilines is 3. The maximum absolute atomic E-state index is 12.9. The number of amides is 1. The molecule has 2 aromatic heterocycles. The number of nitrogens with one attached hydrogen (secondary N) is 2. The van der Waals surface area contributed by atoms with E-state index < -0.39 is 22.7 Å². The number of sulfonamides is 1. The van der Waals surface area contributed by atoms with Crippen molar-refractivity contribution in [1.82, 2.24) is 24.5 Å². The number of aromatic nitrogens is 4. The topological polar surface area (TPSA) is 143 Å². The first-order chi connectivity index (χ1) is 20.5. The van der Waals surface area contributed by atoms with Gasteiger partial charge in [-0.25, -0.2) is 13.4 Å². The lowest BCUT2D eigenvalue weighted by molar-refractivity contribution is 0.0790. The molecule has 5 aromatic rings. The summed E-state index contributed by atoms with van der Waals surface area (Å²) in [5.74, 6) is 0.928. The number of carbonyl (C=O) groups is 1. The van der Waals surface area contributed by atoms with E-state index in [0.29, 0.717) is 49.5 Å². The van der Waals surface area contributed by atoms with E-state index >= 15 is 0 Å². The van der Waals surface area contributed by atoms with Gasteiger partial charge >= 0.3 is 0 Å². The molecule has 13 heteroatoms. The molecule has 0 unspecified atom stereocenters. The molecule has 0 bridgehead atoms. The van der Waals surface area contributed by atoms with E-state index in [4.69, 9.17) is 19.4 Å². The Bertz CT molecular complexity index is 1920. The lowest BCUT2D eigenvalue weighted by Gasteiger charge is -2.27. The lowest BCUT2D eigenvalue weighted by Crippen LogP contribution is -2.37. The number of morpholine rings is 1. The fourth-order valence-electron chi connectivity index (χ4n) is 4.96. The number of hydrogen-bond donors (Lipinski definition) is 2. The molecule has 0 atom stereocenters. The number of carbonyl (C=O) groups excluding carboxylic acids is 1. The molecule has 2 aliphatic heterocycles. The molecule has 7 rings (SSSR count). The Balaban J connectivity index is 1.17. The molecule has 0 radical (unpaired) electrons. The van der Waals surface area contributed by atoms with E-state index in [0.717, 1.165) is 26.5 Å². The highest BCUT2D eigenvalue weighted by molar-refractivity contribution is 7.90. The van der Waals surface area contributed by atoms with Crippen LogP contribution in [0.5, 0.6) is 5.75 Å². The number of benzene rings is 3. The fraction of sp³-hybridized carbons (Fsp3) is 0.172. The van der Waals surface area contributed by atoms with Crippen molar-refractivity contribution in [3.8, 4) is 17.0 Å². The molecule has 42 heavy (non-hydrogen) atoms. The van der Waals surface area contributed by atoms with Crippen molar-refractivity contribution >= 4 is 44.3 Å². The van der Waals surface area contributed by atoms with E-state index in [9.17, 15) is 13.2 Å². The van der Waals surface area contributed by atoms with Gasteiger partial charge in [0.1, 0.15) is 16.5 Å². The van der Waals surface area contributed by atoms with Crippen LogP contribution in [0.1, 0.15) is 10.4 Å². The minimum absolute atomic E-state index is 0.0177. The van der Waals surface area contributed by atoms with Gasteiger partial charge in [0.15, 0.2) is 6.73 Å². The minimum atomic E-state index is -3.98. The van der Waals surface area contributed by atoms with Crippen LogP contribution in [0.25, 0.3) is 22.2 Å². The third kappa shape index (κ3) is 4.78. The van der Waals surface area contributed by atoms with Crippen molar-refractivity contribution in [2.24, 2.45) is 0 Å². The molecule has 0 spiro atoms. The highest BCUT2D eigenvalue weighted by Crippen LogP contribution is 2.32. The maximum Gasteiger partial charge on any atom is 0.271 e. The average Bonchev–Trinajstić information content (AvgIpc) is 3.56. The van der Waals surface area contributed by atoms with Crippen LogP contribution in [0.15, 0.2) is 83.9 Å². The Morgan fingerprint density at radius 3 is 2.69 bits per heavy atom. The zero-order valence-corrected chi connectivity index (χ0v) is 23.0. The van der Waals surface area contributed by atoms with Gasteiger partial charge in [0, 0.05) is 35.8 Å². The third-order valence-corrected chi connectivity index (χ3v) is 8.87. The first-order valence-electron chi connectivity index (χ1n) is 13.3. The van der Waals surface area contributed by atoms with Crippen LogP contribution in [0.4, 0.5) is 17.5 Å². The van der Waals surface area contributed by atoms with Crippen LogP contribution in [-0.4, -0.2) is 71.8 Å². The van der Waals surface area contributed by atoms with Crippen LogP contribution >= 0.6 is 0 Å². The Hall–Kier alpha value is -5.01. The van der Waals surface area contributed by atoms with E-state index in [1.165, 1.54) is 12.1 Å². The van der Waals surface area contributed by atoms with E-state index in [1.807, 2.05) is 30.3 Å². The second-order valence-electron chi connectivity index (χ2n) is 9.79. The number of rotatable bonds is 7. The Morgan fingerprint density at radius 2 is 1.83 bits per heavy atom. The van der Waals surface area contributed by atoms with Crippen molar-refractivity contribution in [3.63, 3.8) is 0 Å². The summed E-state index contributed by atoms with van der Waals surface area (Å²) in [6.45, 7) is 2.03. The second kappa shape index (κ2) is 10.4. The first kappa shape index (κ1) is 25.9. The summed E-state index contributed by atoms with van der Waals surface area (Å²) in [7, 11) is -3.98. The molecule has 212 valence electrons. The van der Waals surface area contributed by atoms with Gasteiger partial charge in [-0.3, -0.25) is 9.89 Å². The summed E-state index contributed by atoms with van der Waals surface area (Å²) in [4.78, 5) is 24.5. The summed E-state index contributed by atoms with van der Waals surface area (Å²) >= 11 is 0. The van der Waals surface area contributed by atoms with Crippen LogP contribution in [0, 0.1) is 0 Å². The zero-order chi connectivity index (χ0) is 28.7. The smallest absolute Gasteiger partial charge is 0.271 e. The molecule has 12 nitrogen and oxygen atoms in total. The van der Waals surface area contributed by atoms with Crippen molar-refractivity contribution < 1.29 is 22.7 Å². The Morgan fingerprint density at radius 1 is 0.976 bits per heavy atom.